The third kappa shape index (κ3) is 7.37. The molecule has 0 rings (SSSR count). The van der Waals surface area contributed by atoms with E-state index in [1.54, 1.807) is 0 Å². The summed E-state index contributed by atoms with van der Waals surface area (Å²) >= 11 is 0. The molecular weight excluding hydrogens is 214 g/mol. The largest absolute Gasteiger partial charge is 0.461 e. The second-order valence-electron chi connectivity index (χ2n) is 4.81. The normalized spacial score (nSPS) is 14.3. The summed E-state index contributed by atoms with van der Waals surface area (Å²) in [6, 6.07) is 0. The number of ether oxygens (including phenoxy) is 1. The zero-order chi connectivity index (χ0) is 13.0. The fourth-order valence-corrected chi connectivity index (χ4v) is 2.34. The van der Waals surface area contributed by atoms with Gasteiger partial charge in [0.1, 0.15) is 5.60 Å². The molecule has 0 aliphatic carbocycles. The molecule has 0 amide bonds. The van der Waals surface area contributed by atoms with Gasteiger partial charge in [-0.25, -0.2) is 0 Å². The SMILES string of the molecule is CCCCCCC(CCC)(CCNC)OC=O. The van der Waals surface area contributed by atoms with Crippen molar-refractivity contribution in [1.82, 2.24) is 5.32 Å². The van der Waals surface area contributed by atoms with E-state index in [1.165, 1.54) is 19.3 Å². The van der Waals surface area contributed by atoms with Gasteiger partial charge in [-0.05, 0) is 39.3 Å². The lowest BCUT2D eigenvalue weighted by Crippen LogP contribution is -2.35. The molecule has 0 saturated heterocycles. The van der Waals surface area contributed by atoms with Crippen LogP contribution in [0.25, 0.3) is 0 Å². The zero-order valence-corrected chi connectivity index (χ0v) is 11.8. The number of carbonyl (C=O) groups excluding carboxylic acids is 1. The number of carbonyl (C=O) groups is 1. The van der Waals surface area contributed by atoms with Crippen molar-refractivity contribution in [3.05, 3.63) is 0 Å². The van der Waals surface area contributed by atoms with Crippen LogP contribution in [0.1, 0.15) is 65.2 Å². The molecule has 1 N–H and O–H groups in total. The average Bonchev–Trinajstić information content (AvgIpc) is 2.33. The lowest BCUT2D eigenvalue weighted by molar-refractivity contribution is -0.146. The van der Waals surface area contributed by atoms with E-state index >= 15 is 0 Å². The van der Waals surface area contributed by atoms with Gasteiger partial charge in [-0.2, -0.15) is 0 Å². The summed E-state index contributed by atoms with van der Waals surface area (Å²) in [6.07, 6.45) is 8.87. The van der Waals surface area contributed by atoms with E-state index in [1.807, 2.05) is 7.05 Å². The molecule has 0 aromatic carbocycles. The van der Waals surface area contributed by atoms with Crippen LogP contribution in [0, 0.1) is 0 Å². The number of nitrogens with one attached hydrogen (secondary N) is 1. The molecule has 0 aliphatic heterocycles. The Morgan fingerprint density at radius 2 is 1.82 bits per heavy atom. The van der Waals surface area contributed by atoms with Crippen LogP contribution in [-0.2, 0) is 9.53 Å². The highest BCUT2D eigenvalue weighted by Crippen LogP contribution is 2.28. The van der Waals surface area contributed by atoms with Gasteiger partial charge in [0.15, 0.2) is 0 Å². The first kappa shape index (κ1) is 16.4. The monoisotopic (exact) mass is 243 g/mol. The Kier molecular flexibility index (Phi) is 10.2. The minimum absolute atomic E-state index is 0.229. The number of hydrogen-bond acceptors (Lipinski definition) is 3. The van der Waals surface area contributed by atoms with Crippen LogP contribution in [0.5, 0.6) is 0 Å². The molecule has 0 heterocycles. The molecule has 0 radical (unpaired) electrons. The maximum atomic E-state index is 10.7. The van der Waals surface area contributed by atoms with Crippen molar-refractivity contribution in [3.8, 4) is 0 Å². The molecule has 1 atom stereocenters. The molecule has 0 aromatic heterocycles. The Morgan fingerprint density at radius 1 is 1.06 bits per heavy atom. The smallest absolute Gasteiger partial charge is 0.293 e. The summed E-state index contributed by atoms with van der Waals surface area (Å²) in [6.45, 7) is 5.89. The maximum Gasteiger partial charge on any atom is 0.293 e. The predicted octanol–water partition coefficient (Wildman–Crippen LogP) is 3.28. The number of rotatable bonds is 12. The van der Waals surface area contributed by atoms with E-state index in [9.17, 15) is 4.79 Å². The molecule has 0 bridgehead atoms. The summed E-state index contributed by atoms with van der Waals surface area (Å²) in [5.41, 5.74) is -0.229. The summed E-state index contributed by atoms with van der Waals surface area (Å²) in [5, 5.41) is 3.15. The Labute approximate surface area is 106 Å². The second-order valence-corrected chi connectivity index (χ2v) is 4.81. The van der Waals surface area contributed by atoms with Gasteiger partial charge in [0.05, 0.1) is 0 Å². The first-order chi connectivity index (χ1) is 8.24. The van der Waals surface area contributed by atoms with E-state index in [2.05, 4.69) is 19.2 Å². The predicted molar refractivity (Wildman–Crippen MR) is 72.1 cm³/mol. The summed E-state index contributed by atoms with van der Waals surface area (Å²) in [7, 11) is 1.94. The minimum atomic E-state index is -0.229. The topological polar surface area (TPSA) is 38.3 Å². The van der Waals surface area contributed by atoms with Crippen LogP contribution in [0.3, 0.4) is 0 Å². The Balaban J connectivity index is 4.25. The van der Waals surface area contributed by atoms with E-state index in [0.717, 1.165) is 38.6 Å². The van der Waals surface area contributed by atoms with Crippen molar-refractivity contribution >= 4 is 6.47 Å². The van der Waals surface area contributed by atoms with Crippen LogP contribution in [0.15, 0.2) is 0 Å². The Morgan fingerprint density at radius 3 is 2.35 bits per heavy atom. The zero-order valence-electron chi connectivity index (χ0n) is 11.8. The van der Waals surface area contributed by atoms with Crippen LogP contribution in [0.2, 0.25) is 0 Å². The highest BCUT2D eigenvalue weighted by molar-refractivity contribution is 5.38. The number of unbranched alkanes of at least 4 members (excludes halogenated alkanes) is 3. The molecule has 102 valence electrons. The van der Waals surface area contributed by atoms with Crippen molar-refractivity contribution in [2.24, 2.45) is 0 Å². The second kappa shape index (κ2) is 10.6. The first-order valence-electron chi connectivity index (χ1n) is 7.00. The van der Waals surface area contributed by atoms with Crippen LogP contribution in [-0.4, -0.2) is 25.7 Å². The molecule has 0 aliphatic rings. The van der Waals surface area contributed by atoms with Gasteiger partial charge in [0.25, 0.3) is 6.47 Å². The maximum absolute atomic E-state index is 10.7. The quantitative estimate of drug-likeness (QED) is 0.422. The highest BCUT2D eigenvalue weighted by Gasteiger charge is 2.29. The van der Waals surface area contributed by atoms with Crippen molar-refractivity contribution in [1.29, 1.82) is 0 Å². The third-order valence-electron chi connectivity index (χ3n) is 3.32. The number of hydrogen-bond donors (Lipinski definition) is 1. The molecule has 17 heavy (non-hydrogen) atoms. The van der Waals surface area contributed by atoms with Gasteiger partial charge in [-0.3, -0.25) is 4.79 Å². The van der Waals surface area contributed by atoms with Crippen LogP contribution in [0.4, 0.5) is 0 Å². The van der Waals surface area contributed by atoms with Crippen molar-refractivity contribution in [2.75, 3.05) is 13.6 Å². The molecule has 0 aromatic rings. The van der Waals surface area contributed by atoms with E-state index in [-0.39, 0.29) is 5.60 Å². The van der Waals surface area contributed by atoms with Crippen molar-refractivity contribution < 1.29 is 9.53 Å². The van der Waals surface area contributed by atoms with Crippen molar-refractivity contribution in [3.63, 3.8) is 0 Å². The summed E-state index contributed by atoms with van der Waals surface area (Å²) in [4.78, 5) is 10.7. The van der Waals surface area contributed by atoms with Gasteiger partial charge < -0.3 is 10.1 Å². The Bertz CT molecular complexity index is 185. The molecule has 3 nitrogen and oxygen atoms in total. The molecule has 0 fully saturated rings. The van der Waals surface area contributed by atoms with E-state index in [4.69, 9.17) is 4.74 Å². The van der Waals surface area contributed by atoms with E-state index < -0.39 is 0 Å². The summed E-state index contributed by atoms with van der Waals surface area (Å²) in [5.74, 6) is 0. The van der Waals surface area contributed by atoms with Gasteiger partial charge in [-0.1, -0.05) is 39.5 Å². The van der Waals surface area contributed by atoms with Gasteiger partial charge in [0.2, 0.25) is 0 Å². The fourth-order valence-electron chi connectivity index (χ4n) is 2.34. The summed E-state index contributed by atoms with van der Waals surface area (Å²) < 4.78 is 5.43. The molecule has 0 spiro atoms. The van der Waals surface area contributed by atoms with Gasteiger partial charge in [0, 0.05) is 0 Å². The standard InChI is InChI=1S/C14H29NO2/c1-4-6-7-8-10-14(9-5-2,17-13-16)11-12-15-3/h13,15H,4-12H2,1-3H3. The van der Waals surface area contributed by atoms with Crippen LogP contribution >= 0.6 is 0 Å². The molecule has 1 unspecified atom stereocenters. The first-order valence-corrected chi connectivity index (χ1v) is 7.00. The lowest BCUT2D eigenvalue weighted by atomic mass is 9.87. The molecule has 3 heteroatoms. The van der Waals surface area contributed by atoms with Gasteiger partial charge in [-0.15, -0.1) is 0 Å². The average molecular weight is 243 g/mol. The van der Waals surface area contributed by atoms with Crippen LogP contribution < -0.4 is 5.32 Å². The minimum Gasteiger partial charge on any atom is -0.461 e. The molecular formula is C14H29NO2. The van der Waals surface area contributed by atoms with Gasteiger partial charge >= 0.3 is 0 Å². The Hall–Kier alpha value is -0.570. The molecule has 0 saturated carbocycles. The van der Waals surface area contributed by atoms with E-state index in [0.29, 0.717) is 6.47 Å². The van der Waals surface area contributed by atoms with Crippen molar-refractivity contribution in [2.45, 2.75) is 70.8 Å². The third-order valence-corrected chi connectivity index (χ3v) is 3.32. The fraction of sp³-hybridized carbons (Fsp3) is 0.929. The lowest BCUT2D eigenvalue weighted by Gasteiger charge is -2.32. The highest BCUT2D eigenvalue weighted by atomic mass is 16.5.